The molecule has 13 heteroatoms. The molecule has 0 radical (unpaired) electrons. The van der Waals surface area contributed by atoms with Crippen LogP contribution in [0.1, 0.15) is 24.1 Å². The van der Waals surface area contributed by atoms with Gasteiger partial charge in [-0.15, -0.1) is 0 Å². The van der Waals surface area contributed by atoms with E-state index in [9.17, 15) is 18.0 Å². The Morgan fingerprint density at radius 3 is 2.28 bits per heavy atom. The molecule has 1 unspecified atom stereocenters. The number of para-hydroxylation sites is 1. The summed E-state index contributed by atoms with van der Waals surface area (Å²) in [5.74, 6) is 0.0595. The lowest BCUT2D eigenvalue weighted by Crippen LogP contribution is -2.39. The Morgan fingerprint density at radius 2 is 1.66 bits per heavy atom. The van der Waals surface area contributed by atoms with Crippen molar-refractivity contribution in [1.82, 2.24) is 18.7 Å². The summed E-state index contributed by atoms with van der Waals surface area (Å²) in [5, 5.41) is 4.84. The summed E-state index contributed by atoms with van der Waals surface area (Å²) in [6.07, 6.45) is 3.57. The van der Waals surface area contributed by atoms with E-state index >= 15 is 0 Å². The van der Waals surface area contributed by atoms with E-state index < -0.39 is 22.0 Å². The largest absolute Gasteiger partial charge is 0.497 e. The van der Waals surface area contributed by atoms with Crippen LogP contribution in [0.25, 0.3) is 23.0 Å². The highest BCUT2D eigenvalue weighted by atomic mass is 32.2. The maximum Gasteiger partial charge on any atom is 0.338 e. The number of aromatic nitrogens is 3. The normalized spacial score (nSPS) is 15.0. The summed E-state index contributed by atoms with van der Waals surface area (Å²) in [7, 11) is 2.20. The first-order valence-corrected chi connectivity index (χ1v) is 16.7. The van der Waals surface area contributed by atoms with Gasteiger partial charge in [0.15, 0.2) is 4.80 Å². The van der Waals surface area contributed by atoms with Crippen LogP contribution in [0.2, 0.25) is 0 Å². The molecule has 0 aliphatic carbocycles. The number of benzene rings is 3. The molecular weight excluding hydrogens is 639 g/mol. The lowest BCUT2D eigenvalue weighted by molar-refractivity contribution is -0.136. The van der Waals surface area contributed by atoms with Gasteiger partial charge in [0, 0.05) is 31.4 Å². The number of carbonyl (C=O) groups is 1. The molecule has 3 heterocycles. The van der Waals surface area contributed by atoms with Crippen LogP contribution in [0.5, 0.6) is 5.75 Å². The number of sulfonamides is 1. The lowest BCUT2D eigenvalue weighted by Gasteiger charge is -2.24. The second kappa shape index (κ2) is 12.6. The first-order chi connectivity index (χ1) is 22.5. The average molecular weight is 670 g/mol. The van der Waals surface area contributed by atoms with Crippen molar-refractivity contribution in [3.63, 3.8) is 0 Å². The smallest absolute Gasteiger partial charge is 0.338 e. The lowest BCUT2D eigenvalue weighted by atomic mass is 9.96. The number of hydrogen-bond acceptors (Lipinski definition) is 9. The van der Waals surface area contributed by atoms with Crippen molar-refractivity contribution >= 4 is 33.4 Å². The van der Waals surface area contributed by atoms with Crippen molar-refractivity contribution in [3.8, 4) is 22.7 Å². The minimum Gasteiger partial charge on any atom is -0.497 e. The minimum atomic E-state index is -3.63. The van der Waals surface area contributed by atoms with Gasteiger partial charge in [-0.05, 0) is 55.0 Å². The van der Waals surface area contributed by atoms with Gasteiger partial charge in [-0.2, -0.15) is 5.10 Å². The van der Waals surface area contributed by atoms with Crippen LogP contribution >= 0.6 is 11.3 Å². The van der Waals surface area contributed by atoms with Gasteiger partial charge in [0.2, 0.25) is 10.0 Å². The zero-order chi connectivity index (χ0) is 33.5. The molecule has 5 aromatic rings. The predicted octanol–water partition coefficient (Wildman–Crippen LogP) is 3.52. The molecule has 6 rings (SSSR count). The summed E-state index contributed by atoms with van der Waals surface area (Å²) in [5.41, 5.74) is 3.72. The zero-order valence-corrected chi connectivity index (χ0v) is 27.9. The Balaban J connectivity index is 1.54. The number of esters is 1. The summed E-state index contributed by atoms with van der Waals surface area (Å²) in [6, 6.07) is 22.4. The van der Waals surface area contributed by atoms with E-state index in [1.807, 2.05) is 48.7 Å². The van der Waals surface area contributed by atoms with Gasteiger partial charge >= 0.3 is 5.97 Å². The maximum atomic E-state index is 14.2. The third-order valence-corrected chi connectivity index (χ3v) is 10.6. The monoisotopic (exact) mass is 669 g/mol. The van der Waals surface area contributed by atoms with Crippen LogP contribution < -0.4 is 19.6 Å². The first-order valence-electron chi connectivity index (χ1n) is 14.5. The molecule has 0 bridgehead atoms. The van der Waals surface area contributed by atoms with Crippen molar-refractivity contribution in [1.29, 1.82) is 0 Å². The van der Waals surface area contributed by atoms with Crippen LogP contribution in [0.15, 0.2) is 111 Å². The highest BCUT2D eigenvalue weighted by molar-refractivity contribution is 7.89. The SMILES string of the molecule is COC(=O)C1=C(C)N=c2s/c(=C\c3cn(-c4ccccc4)nc3-c3ccc(S(=O)(=O)N(C)C)cc3)c(=O)n2C1c1ccc(OC)cc1. The van der Waals surface area contributed by atoms with E-state index in [4.69, 9.17) is 14.6 Å². The molecule has 3 aromatic carbocycles. The molecular formula is C34H31N5O6S2. The molecule has 0 spiro atoms. The molecule has 0 saturated carbocycles. The number of allylic oxidation sites excluding steroid dienone is 1. The topological polar surface area (TPSA) is 125 Å². The van der Waals surface area contributed by atoms with Crippen molar-refractivity contribution in [2.24, 2.45) is 4.99 Å². The van der Waals surface area contributed by atoms with Crippen molar-refractivity contribution < 1.29 is 22.7 Å². The van der Waals surface area contributed by atoms with E-state index in [1.165, 1.54) is 49.2 Å². The number of methoxy groups -OCH3 is 2. The van der Waals surface area contributed by atoms with Gasteiger partial charge in [-0.1, -0.05) is 53.8 Å². The Labute approximate surface area is 275 Å². The fourth-order valence-corrected chi connectivity index (χ4v) is 7.30. The molecule has 1 atom stereocenters. The molecule has 0 fully saturated rings. The molecule has 1 aliphatic heterocycles. The van der Waals surface area contributed by atoms with Gasteiger partial charge in [-0.25, -0.2) is 27.2 Å². The Kier molecular flexibility index (Phi) is 8.53. The van der Waals surface area contributed by atoms with Crippen LogP contribution in [-0.4, -0.2) is 61.4 Å². The van der Waals surface area contributed by atoms with Gasteiger partial charge in [-0.3, -0.25) is 9.36 Å². The number of nitrogens with zero attached hydrogens (tertiary/aromatic N) is 5. The van der Waals surface area contributed by atoms with E-state index in [1.54, 1.807) is 49.1 Å². The maximum absolute atomic E-state index is 14.2. The van der Waals surface area contributed by atoms with Crippen molar-refractivity contribution in [2.75, 3.05) is 28.3 Å². The summed E-state index contributed by atoms with van der Waals surface area (Å²) in [6.45, 7) is 1.72. The van der Waals surface area contributed by atoms with Gasteiger partial charge in [0.1, 0.15) is 5.75 Å². The van der Waals surface area contributed by atoms with E-state index in [0.29, 0.717) is 43.2 Å². The van der Waals surface area contributed by atoms with Gasteiger partial charge in [0.25, 0.3) is 5.56 Å². The highest BCUT2D eigenvalue weighted by Gasteiger charge is 2.33. The minimum absolute atomic E-state index is 0.152. The summed E-state index contributed by atoms with van der Waals surface area (Å²) in [4.78, 5) is 32.5. The van der Waals surface area contributed by atoms with E-state index in [2.05, 4.69) is 4.99 Å². The van der Waals surface area contributed by atoms with Crippen molar-refractivity contribution in [2.45, 2.75) is 17.9 Å². The quantitative estimate of drug-likeness (QED) is 0.232. The molecule has 0 N–H and O–H groups in total. The number of thiazole rings is 1. The van der Waals surface area contributed by atoms with E-state index in [0.717, 1.165) is 9.99 Å². The number of fused-ring (bicyclic) bond motifs is 1. The molecule has 0 amide bonds. The number of ether oxygens (including phenoxy) is 2. The van der Waals surface area contributed by atoms with E-state index in [-0.39, 0.29) is 16.0 Å². The first kappa shape index (κ1) is 31.9. The van der Waals surface area contributed by atoms with Crippen LogP contribution in [-0.2, 0) is 19.6 Å². The molecule has 1 aliphatic rings. The Hall–Kier alpha value is -5.11. The molecule has 0 saturated heterocycles. The Bertz CT molecular complexity index is 2300. The molecule has 240 valence electrons. The standard InChI is InChI=1S/C34H31N5O6S2/c1-21-29(33(41)45-5)31(23-11-15-26(44-4)16-12-23)39-32(40)28(46-34(39)35-21)19-24-20-38(25-9-7-6-8-10-25)36-30(24)22-13-17-27(18-14-22)47(42,43)37(2)3/h6-20,31H,1-5H3/b28-19-. The third kappa shape index (κ3) is 5.84. The van der Waals surface area contributed by atoms with Crippen LogP contribution in [0, 0.1) is 0 Å². The van der Waals surface area contributed by atoms with Gasteiger partial charge in [0.05, 0.1) is 52.3 Å². The van der Waals surface area contributed by atoms with Gasteiger partial charge < -0.3 is 9.47 Å². The zero-order valence-electron chi connectivity index (χ0n) is 26.2. The molecule has 2 aromatic heterocycles. The van der Waals surface area contributed by atoms with Crippen LogP contribution in [0.3, 0.4) is 0 Å². The molecule has 11 nitrogen and oxygen atoms in total. The average Bonchev–Trinajstić information content (AvgIpc) is 3.64. The Morgan fingerprint density at radius 1 is 0.979 bits per heavy atom. The van der Waals surface area contributed by atoms with Crippen LogP contribution in [0.4, 0.5) is 0 Å². The fourth-order valence-electron chi connectivity index (χ4n) is 5.36. The fraction of sp³-hybridized carbons (Fsp3) is 0.176. The predicted molar refractivity (Wildman–Crippen MR) is 179 cm³/mol. The summed E-state index contributed by atoms with van der Waals surface area (Å²) < 4.78 is 40.6. The number of hydrogen-bond donors (Lipinski definition) is 0. The molecule has 47 heavy (non-hydrogen) atoms. The second-order valence-corrected chi connectivity index (χ2v) is 14.0. The van der Waals surface area contributed by atoms with Crippen molar-refractivity contribution in [3.05, 3.63) is 127 Å². The third-order valence-electron chi connectivity index (χ3n) is 7.81. The second-order valence-electron chi connectivity index (χ2n) is 10.9. The number of carbonyl (C=O) groups excluding carboxylic acids is 1. The summed E-state index contributed by atoms with van der Waals surface area (Å²) >= 11 is 1.20. The highest BCUT2D eigenvalue weighted by Crippen LogP contribution is 2.32. The number of rotatable bonds is 8.